The maximum atomic E-state index is 8.59. The first-order valence-corrected chi connectivity index (χ1v) is 7.10. The van der Waals surface area contributed by atoms with Gasteiger partial charge in [-0.1, -0.05) is 0 Å². The third-order valence-electron chi connectivity index (χ3n) is 1.84. The van der Waals surface area contributed by atoms with Gasteiger partial charge in [-0.3, -0.25) is 0 Å². The van der Waals surface area contributed by atoms with Crippen molar-refractivity contribution in [1.29, 1.82) is 0 Å². The van der Waals surface area contributed by atoms with Crippen LogP contribution in [0.5, 0.6) is 0 Å². The van der Waals surface area contributed by atoms with Gasteiger partial charge in [0.1, 0.15) is 0 Å². The summed E-state index contributed by atoms with van der Waals surface area (Å²) in [5.41, 5.74) is 0. The molecule has 0 saturated heterocycles. The Balaban J connectivity index is 0.00000225. The summed E-state index contributed by atoms with van der Waals surface area (Å²) in [5, 5.41) is 13.1. The number of hydrogen-bond donors (Lipinski definition) is 2. The highest BCUT2D eigenvalue weighted by Crippen LogP contribution is 2.10. The van der Waals surface area contributed by atoms with Gasteiger partial charge in [-0.15, -0.1) is 23.7 Å². The van der Waals surface area contributed by atoms with Gasteiger partial charge in [-0.05, 0) is 19.1 Å². The van der Waals surface area contributed by atoms with E-state index in [2.05, 4.69) is 10.3 Å². The average Bonchev–Trinajstić information content (AvgIpc) is 2.63. The minimum absolute atomic E-state index is 0. The average molecular weight is 283 g/mol. The van der Waals surface area contributed by atoms with Crippen molar-refractivity contribution in [3.8, 4) is 0 Å². The molecule has 0 aliphatic carbocycles. The molecule has 0 fully saturated rings. The molecule has 1 aromatic rings. The van der Waals surface area contributed by atoms with E-state index in [4.69, 9.17) is 5.11 Å². The van der Waals surface area contributed by atoms with Crippen molar-refractivity contribution in [1.82, 2.24) is 10.3 Å². The predicted molar refractivity (Wildman–Crippen MR) is 74.8 cm³/mol. The Hall–Kier alpha value is 0.190. The van der Waals surface area contributed by atoms with Crippen molar-refractivity contribution < 1.29 is 5.11 Å². The largest absolute Gasteiger partial charge is 0.396 e. The highest BCUT2D eigenvalue weighted by atomic mass is 35.5. The molecule has 16 heavy (non-hydrogen) atoms. The molecule has 0 spiro atoms. The van der Waals surface area contributed by atoms with Gasteiger partial charge in [0, 0.05) is 36.5 Å². The minimum Gasteiger partial charge on any atom is -0.396 e. The lowest BCUT2D eigenvalue weighted by molar-refractivity contribution is 0.296. The van der Waals surface area contributed by atoms with Crippen molar-refractivity contribution in [2.24, 2.45) is 0 Å². The number of nitrogens with one attached hydrogen (secondary N) is 1. The number of nitrogens with zero attached hydrogens (tertiary/aromatic N) is 1. The Labute approximate surface area is 111 Å². The zero-order valence-corrected chi connectivity index (χ0v) is 11.9. The van der Waals surface area contributed by atoms with E-state index in [1.807, 2.05) is 24.9 Å². The van der Waals surface area contributed by atoms with Crippen LogP contribution < -0.4 is 5.32 Å². The zero-order chi connectivity index (χ0) is 10.9. The molecule has 0 atom stereocenters. The van der Waals surface area contributed by atoms with Crippen molar-refractivity contribution in [3.05, 3.63) is 16.1 Å². The molecule has 0 aliphatic rings. The van der Waals surface area contributed by atoms with Crippen LogP contribution in [0.4, 0.5) is 0 Å². The van der Waals surface area contributed by atoms with Crippen LogP contribution in [0.25, 0.3) is 0 Å². The molecule has 6 heteroatoms. The lowest BCUT2D eigenvalue weighted by Crippen LogP contribution is -2.16. The van der Waals surface area contributed by atoms with E-state index in [0.717, 1.165) is 36.0 Å². The molecule has 0 amide bonds. The van der Waals surface area contributed by atoms with Crippen LogP contribution in [-0.4, -0.2) is 34.7 Å². The second kappa shape index (κ2) is 10.4. The SMILES string of the molecule is Cc1ncc(CNCCSCCCO)s1.Cl. The molecule has 0 radical (unpaired) electrons. The summed E-state index contributed by atoms with van der Waals surface area (Å²) in [6.45, 7) is 4.28. The summed E-state index contributed by atoms with van der Waals surface area (Å²) in [4.78, 5) is 5.50. The number of aliphatic hydroxyl groups is 1. The fourth-order valence-electron chi connectivity index (χ4n) is 1.11. The smallest absolute Gasteiger partial charge is 0.0897 e. The number of halogens is 1. The lowest BCUT2D eigenvalue weighted by Gasteiger charge is -2.02. The normalized spacial score (nSPS) is 10.1. The Morgan fingerprint density at radius 2 is 2.31 bits per heavy atom. The molecular formula is C10H19ClN2OS2. The van der Waals surface area contributed by atoms with Gasteiger partial charge in [-0.25, -0.2) is 4.98 Å². The monoisotopic (exact) mass is 282 g/mol. The quantitative estimate of drug-likeness (QED) is 0.717. The second-order valence-electron chi connectivity index (χ2n) is 3.21. The summed E-state index contributed by atoms with van der Waals surface area (Å²) in [7, 11) is 0. The van der Waals surface area contributed by atoms with Crippen LogP contribution in [-0.2, 0) is 6.54 Å². The molecule has 0 aromatic carbocycles. The van der Waals surface area contributed by atoms with Gasteiger partial charge < -0.3 is 10.4 Å². The molecule has 1 heterocycles. The molecule has 0 saturated carbocycles. The number of rotatable bonds is 8. The highest BCUT2D eigenvalue weighted by molar-refractivity contribution is 7.99. The molecule has 1 aromatic heterocycles. The maximum Gasteiger partial charge on any atom is 0.0897 e. The maximum absolute atomic E-state index is 8.59. The Bertz CT molecular complexity index is 271. The summed E-state index contributed by atoms with van der Waals surface area (Å²) in [6.07, 6.45) is 2.84. The van der Waals surface area contributed by atoms with Crippen LogP contribution in [0, 0.1) is 6.92 Å². The fraction of sp³-hybridized carbons (Fsp3) is 0.700. The van der Waals surface area contributed by atoms with E-state index in [9.17, 15) is 0 Å². The molecule has 3 nitrogen and oxygen atoms in total. The molecule has 0 aliphatic heterocycles. The van der Waals surface area contributed by atoms with Gasteiger partial charge in [-0.2, -0.15) is 11.8 Å². The summed E-state index contributed by atoms with van der Waals surface area (Å²) >= 11 is 3.63. The Kier molecular flexibility index (Phi) is 10.5. The third kappa shape index (κ3) is 7.46. The minimum atomic E-state index is 0. The summed E-state index contributed by atoms with van der Waals surface area (Å²) in [5.74, 6) is 2.16. The number of thiazole rings is 1. The predicted octanol–water partition coefficient (Wildman–Crippen LogP) is 2.08. The van der Waals surface area contributed by atoms with Crippen molar-refractivity contribution in [2.75, 3.05) is 24.7 Å². The standard InChI is InChI=1S/C10H18N2OS2.ClH/c1-9-12-8-10(15-9)7-11-3-6-14-5-2-4-13;/h8,11,13H,2-7H2,1H3;1H. The topological polar surface area (TPSA) is 45.2 Å². The number of aryl methyl sites for hydroxylation is 1. The van der Waals surface area contributed by atoms with Crippen LogP contribution in [0.1, 0.15) is 16.3 Å². The Morgan fingerprint density at radius 1 is 1.50 bits per heavy atom. The number of hydrogen-bond acceptors (Lipinski definition) is 5. The van der Waals surface area contributed by atoms with E-state index in [-0.39, 0.29) is 12.4 Å². The molecule has 2 N–H and O–H groups in total. The molecule has 0 bridgehead atoms. The number of aromatic nitrogens is 1. The summed E-state index contributed by atoms with van der Waals surface area (Å²) in [6, 6.07) is 0. The van der Waals surface area contributed by atoms with Crippen molar-refractivity contribution in [3.63, 3.8) is 0 Å². The van der Waals surface area contributed by atoms with E-state index in [1.54, 1.807) is 11.3 Å². The first-order chi connectivity index (χ1) is 7.33. The first-order valence-electron chi connectivity index (χ1n) is 5.13. The lowest BCUT2D eigenvalue weighted by atomic mass is 10.5. The number of thioether (sulfide) groups is 1. The fourth-order valence-corrected chi connectivity index (χ4v) is 2.70. The van der Waals surface area contributed by atoms with E-state index in [1.165, 1.54) is 4.88 Å². The van der Waals surface area contributed by atoms with Crippen molar-refractivity contribution >= 4 is 35.5 Å². The van der Waals surface area contributed by atoms with Crippen LogP contribution in [0.3, 0.4) is 0 Å². The van der Waals surface area contributed by atoms with E-state index < -0.39 is 0 Å². The highest BCUT2D eigenvalue weighted by Gasteiger charge is 1.96. The van der Waals surface area contributed by atoms with E-state index in [0.29, 0.717) is 6.61 Å². The number of aliphatic hydroxyl groups excluding tert-OH is 1. The Morgan fingerprint density at radius 3 is 2.94 bits per heavy atom. The second-order valence-corrected chi connectivity index (χ2v) is 5.76. The summed E-state index contributed by atoms with van der Waals surface area (Å²) < 4.78 is 0. The van der Waals surface area contributed by atoms with Gasteiger partial charge in [0.15, 0.2) is 0 Å². The molecule has 0 unspecified atom stereocenters. The molecule has 1 rings (SSSR count). The van der Waals surface area contributed by atoms with Gasteiger partial charge >= 0.3 is 0 Å². The van der Waals surface area contributed by atoms with Gasteiger partial charge in [0.05, 0.1) is 5.01 Å². The van der Waals surface area contributed by atoms with Crippen molar-refractivity contribution in [2.45, 2.75) is 19.9 Å². The molecule has 94 valence electrons. The third-order valence-corrected chi connectivity index (χ3v) is 3.82. The molecular weight excluding hydrogens is 264 g/mol. The van der Waals surface area contributed by atoms with E-state index >= 15 is 0 Å². The van der Waals surface area contributed by atoms with Gasteiger partial charge in [0.2, 0.25) is 0 Å². The van der Waals surface area contributed by atoms with Gasteiger partial charge in [0.25, 0.3) is 0 Å². The van der Waals surface area contributed by atoms with Crippen LogP contribution in [0.2, 0.25) is 0 Å². The zero-order valence-electron chi connectivity index (χ0n) is 9.44. The van der Waals surface area contributed by atoms with Crippen LogP contribution >= 0.6 is 35.5 Å². The first kappa shape index (κ1) is 16.2. The van der Waals surface area contributed by atoms with Crippen LogP contribution in [0.15, 0.2) is 6.20 Å².